The maximum Gasteiger partial charge on any atom is 0.393 e. The first-order valence-corrected chi connectivity index (χ1v) is 16.6. The molecule has 4 aromatic heterocycles. The van der Waals surface area contributed by atoms with E-state index < -0.39 is 12.6 Å². The molecule has 0 unspecified atom stereocenters. The number of alkyl halides is 3. The van der Waals surface area contributed by atoms with Gasteiger partial charge in [0, 0.05) is 67.0 Å². The van der Waals surface area contributed by atoms with Crippen molar-refractivity contribution in [1.82, 2.24) is 24.0 Å². The zero-order valence-corrected chi connectivity index (χ0v) is 26.3. The predicted octanol–water partition coefficient (Wildman–Crippen LogP) is 6.98. The van der Waals surface area contributed by atoms with Gasteiger partial charge in [0.05, 0.1) is 25.0 Å². The zero-order chi connectivity index (χ0) is 31.7. The Hall–Kier alpha value is -3.92. The van der Waals surface area contributed by atoms with Crippen molar-refractivity contribution in [2.75, 3.05) is 31.6 Å². The van der Waals surface area contributed by atoms with Crippen LogP contribution in [0, 0.1) is 17.2 Å². The van der Waals surface area contributed by atoms with Gasteiger partial charge in [-0.05, 0) is 73.1 Å². The monoisotopic (exact) mass is 647 g/mol. The summed E-state index contributed by atoms with van der Waals surface area (Å²) >= 11 is 1.07. The minimum absolute atomic E-state index is 0.181. The fourth-order valence-electron chi connectivity index (χ4n) is 6.28. The molecule has 0 radical (unpaired) electrons. The van der Waals surface area contributed by atoms with Crippen LogP contribution in [0.2, 0.25) is 0 Å². The third kappa shape index (κ3) is 7.38. The van der Waals surface area contributed by atoms with Crippen molar-refractivity contribution in [2.45, 2.75) is 64.0 Å². The Morgan fingerprint density at radius 3 is 2.65 bits per heavy atom. The highest BCUT2D eigenvalue weighted by atomic mass is 32.1. The van der Waals surface area contributed by atoms with E-state index in [2.05, 4.69) is 72.0 Å². The quantitative estimate of drug-likeness (QED) is 0.147. The lowest BCUT2D eigenvalue weighted by Crippen LogP contribution is -2.38. The van der Waals surface area contributed by atoms with Crippen LogP contribution in [0.25, 0.3) is 21.1 Å². The topological polar surface area (TPSA) is 83.9 Å². The van der Waals surface area contributed by atoms with Crippen LogP contribution < -0.4 is 5.32 Å². The number of ether oxygens (including phenoxy) is 1. The molecule has 1 saturated carbocycles. The highest BCUT2D eigenvalue weighted by Crippen LogP contribution is 2.33. The Balaban J connectivity index is 0.947. The summed E-state index contributed by atoms with van der Waals surface area (Å²) in [5, 5.41) is 15.1. The number of likely N-dealkylation sites (tertiary alicyclic amines) is 1. The molecule has 0 bridgehead atoms. The number of piperidine rings is 1. The molecule has 46 heavy (non-hydrogen) atoms. The summed E-state index contributed by atoms with van der Waals surface area (Å²) in [6.45, 7) is 5.63. The van der Waals surface area contributed by atoms with Gasteiger partial charge in [-0.25, -0.2) is 9.97 Å². The number of nitriles is 1. The van der Waals surface area contributed by atoms with Crippen molar-refractivity contribution in [3.63, 3.8) is 0 Å². The van der Waals surface area contributed by atoms with E-state index in [0.29, 0.717) is 34.9 Å². The van der Waals surface area contributed by atoms with Crippen LogP contribution in [0.5, 0.6) is 0 Å². The second kappa shape index (κ2) is 13.1. The standard InChI is InChI=1S/C34H36F3N7OS/c35-34(36,37)16-29-15-30-32(39-22-40-33(30)46-29)41-27-6-9-42(10-7-27)18-24-3-4-31-26(13-24)14-28(17-38)44(31)20-25-5-8-43(19-25)11-12-45-21-23-1-2-23/h3-5,8,13-15,19,22-23,27H,1-2,6-7,9-12,16,18,20-21H2,(H,39,40,41). The number of thiophene rings is 1. The maximum atomic E-state index is 12.9. The fraction of sp³-hybridized carbons (Fsp3) is 0.441. The molecule has 12 heteroatoms. The third-order valence-electron chi connectivity index (χ3n) is 8.87. The van der Waals surface area contributed by atoms with Gasteiger partial charge < -0.3 is 19.2 Å². The summed E-state index contributed by atoms with van der Waals surface area (Å²) in [4.78, 5) is 11.8. The van der Waals surface area contributed by atoms with Crippen molar-refractivity contribution in [3.05, 3.63) is 76.8 Å². The van der Waals surface area contributed by atoms with Crippen LogP contribution in [0.4, 0.5) is 19.0 Å². The summed E-state index contributed by atoms with van der Waals surface area (Å²) in [6, 6.07) is 14.7. The molecular weight excluding hydrogens is 611 g/mol. The number of fused-ring (bicyclic) bond motifs is 2. The van der Waals surface area contributed by atoms with Gasteiger partial charge in [-0.15, -0.1) is 11.3 Å². The van der Waals surface area contributed by atoms with Gasteiger partial charge in [0.2, 0.25) is 0 Å². The number of nitrogens with one attached hydrogen (secondary N) is 1. The molecule has 8 nitrogen and oxygen atoms in total. The first-order valence-electron chi connectivity index (χ1n) is 15.8. The normalized spacial score (nSPS) is 16.4. The third-order valence-corrected chi connectivity index (χ3v) is 9.91. The molecule has 5 heterocycles. The predicted molar refractivity (Wildman–Crippen MR) is 173 cm³/mol. The second-order valence-electron chi connectivity index (χ2n) is 12.5. The van der Waals surface area contributed by atoms with E-state index in [1.807, 2.05) is 6.07 Å². The van der Waals surface area contributed by atoms with Crippen molar-refractivity contribution in [1.29, 1.82) is 5.26 Å². The highest BCUT2D eigenvalue weighted by Gasteiger charge is 2.29. The van der Waals surface area contributed by atoms with Gasteiger partial charge >= 0.3 is 6.18 Å². The van der Waals surface area contributed by atoms with E-state index in [1.54, 1.807) is 6.07 Å². The SMILES string of the molecule is N#Cc1cc2cc(CN3CCC(Nc4ncnc5sc(CC(F)(F)F)cc45)CC3)ccc2n1Cc1ccn(CCOCC2CC2)c1. The number of anilines is 1. The number of rotatable bonds is 12. The molecule has 240 valence electrons. The molecule has 1 N–H and O–H groups in total. The number of nitrogens with zero attached hydrogens (tertiary/aromatic N) is 6. The van der Waals surface area contributed by atoms with Gasteiger partial charge in [0.15, 0.2) is 0 Å². The van der Waals surface area contributed by atoms with Gasteiger partial charge in [0.1, 0.15) is 28.7 Å². The number of hydrogen-bond donors (Lipinski definition) is 1. The van der Waals surface area contributed by atoms with Crippen LogP contribution in [-0.2, 0) is 30.8 Å². The molecule has 0 amide bonds. The Labute approximate surface area is 269 Å². The van der Waals surface area contributed by atoms with Crippen molar-refractivity contribution in [3.8, 4) is 6.07 Å². The molecule has 2 aliphatic rings. The van der Waals surface area contributed by atoms with Gasteiger partial charge in [-0.2, -0.15) is 18.4 Å². The smallest absolute Gasteiger partial charge is 0.379 e. The lowest BCUT2D eigenvalue weighted by Gasteiger charge is -2.32. The fourth-order valence-corrected chi connectivity index (χ4v) is 7.31. The van der Waals surface area contributed by atoms with Crippen LogP contribution in [0.3, 0.4) is 0 Å². The van der Waals surface area contributed by atoms with E-state index in [1.165, 1.54) is 24.7 Å². The lowest BCUT2D eigenvalue weighted by atomic mass is 10.0. The van der Waals surface area contributed by atoms with Crippen LogP contribution in [0.15, 0.2) is 55.1 Å². The number of halogens is 3. The summed E-state index contributed by atoms with van der Waals surface area (Å²) in [7, 11) is 0. The number of hydrogen-bond acceptors (Lipinski definition) is 7. The van der Waals surface area contributed by atoms with Crippen LogP contribution in [-0.4, -0.2) is 62.5 Å². The molecule has 7 rings (SSSR count). The second-order valence-corrected chi connectivity index (χ2v) is 13.7. The lowest BCUT2D eigenvalue weighted by molar-refractivity contribution is -0.126. The molecule has 0 atom stereocenters. The molecule has 1 aliphatic carbocycles. The molecular formula is C34H36F3N7OS. The highest BCUT2D eigenvalue weighted by molar-refractivity contribution is 7.18. The van der Waals surface area contributed by atoms with E-state index in [-0.39, 0.29) is 10.9 Å². The molecule has 1 aliphatic heterocycles. The van der Waals surface area contributed by atoms with E-state index in [9.17, 15) is 18.4 Å². The Bertz CT molecular complexity index is 1860. The van der Waals surface area contributed by atoms with Crippen LogP contribution in [0.1, 0.15) is 47.4 Å². The Kier molecular flexibility index (Phi) is 8.72. The average molecular weight is 648 g/mol. The van der Waals surface area contributed by atoms with Crippen molar-refractivity contribution in [2.24, 2.45) is 5.92 Å². The molecule has 1 aromatic carbocycles. The van der Waals surface area contributed by atoms with E-state index in [0.717, 1.165) is 79.3 Å². The maximum absolute atomic E-state index is 12.9. The summed E-state index contributed by atoms with van der Waals surface area (Å²) in [6.07, 6.45) is 4.82. The van der Waals surface area contributed by atoms with Crippen molar-refractivity contribution < 1.29 is 17.9 Å². The summed E-state index contributed by atoms with van der Waals surface area (Å²) in [5.41, 5.74) is 4.05. The largest absolute Gasteiger partial charge is 0.393 e. The summed E-state index contributed by atoms with van der Waals surface area (Å²) in [5.74, 6) is 1.37. The molecule has 5 aromatic rings. The average Bonchev–Trinajstić information content (AvgIpc) is 3.42. The Morgan fingerprint density at radius 2 is 1.87 bits per heavy atom. The number of aromatic nitrogens is 4. The summed E-state index contributed by atoms with van der Waals surface area (Å²) < 4.78 is 48.8. The first kappa shape index (κ1) is 30.7. The van der Waals surface area contributed by atoms with E-state index >= 15 is 0 Å². The number of benzene rings is 1. The molecule has 2 fully saturated rings. The van der Waals surface area contributed by atoms with Crippen LogP contribution >= 0.6 is 11.3 Å². The van der Waals surface area contributed by atoms with Gasteiger partial charge in [-0.1, -0.05) is 6.07 Å². The van der Waals surface area contributed by atoms with Crippen molar-refractivity contribution >= 4 is 38.3 Å². The Morgan fingerprint density at radius 1 is 1.02 bits per heavy atom. The molecule has 0 spiro atoms. The van der Waals surface area contributed by atoms with E-state index in [4.69, 9.17) is 4.74 Å². The van der Waals surface area contributed by atoms with Gasteiger partial charge in [0.25, 0.3) is 0 Å². The first-order chi connectivity index (χ1) is 22.3. The minimum atomic E-state index is -4.25. The molecule has 1 saturated heterocycles. The van der Waals surface area contributed by atoms with Gasteiger partial charge in [-0.3, -0.25) is 4.90 Å². The minimum Gasteiger partial charge on any atom is -0.379 e. The zero-order valence-electron chi connectivity index (χ0n) is 25.5.